The van der Waals surface area contributed by atoms with Crippen LogP contribution in [0.5, 0.6) is 0 Å². The second-order valence-corrected chi connectivity index (χ2v) is 3.54. The average molecular weight is 153 g/mol. The average Bonchev–Trinajstić information content (AvgIpc) is 2.29. The van der Waals surface area contributed by atoms with Crippen LogP contribution in [0.2, 0.25) is 0 Å². The van der Waals surface area contributed by atoms with E-state index >= 15 is 0 Å². The summed E-state index contributed by atoms with van der Waals surface area (Å²) in [5.74, 6) is 0. The number of rotatable bonds is 2. The van der Waals surface area contributed by atoms with E-state index in [9.17, 15) is 0 Å². The lowest BCUT2D eigenvalue weighted by Crippen LogP contribution is -2.36. The van der Waals surface area contributed by atoms with Gasteiger partial charge in [-0.05, 0) is 41.9 Å². The molecule has 54 valence electrons. The molecule has 1 aromatic rings. The maximum absolute atomic E-state index is 2.47. The van der Waals surface area contributed by atoms with Gasteiger partial charge in [0.1, 0.15) is 0 Å². The zero-order chi connectivity index (χ0) is 6.81. The van der Waals surface area contributed by atoms with Crippen LogP contribution in [0.15, 0.2) is 16.8 Å². The van der Waals surface area contributed by atoms with Gasteiger partial charge in [0.2, 0.25) is 0 Å². The quantitative estimate of drug-likeness (QED) is 0.627. The summed E-state index contributed by atoms with van der Waals surface area (Å²) in [4.78, 5) is 2.47. The highest BCUT2D eigenvalue weighted by Crippen LogP contribution is 2.13. The minimum absolute atomic E-state index is 1.17. The molecule has 0 N–H and O–H groups in total. The van der Waals surface area contributed by atoms with E-state index in [1.165, 1.54) is 31.6 Å². The van der Waals surface area contributed by atoms with Crippen LogP contribution >= 0.6 is 11.3 Å². The molecule has 1 fully saturated rings. The molecule has 10 heavy (non-hydrogen) atoms. The standard InChI is InChI=1S/C8H11NS/c1-3-9(4-1)6-8-2-5-10-7-8/h2,5,7H,1,3-4,6H2. The maximum Gasteiger partial charge on any atom is 0.0242 e. The predicted octanol–water partition coefficient (Wildman–Crippen LogP) is 1.95. The number of likely N-dealkylation sites (tertiary alicyclic amines) is 1. The van der Waals surface area contributed by atoms with Crippen LogP contribution in [-0.4, -0.2) is 18.0 Å². The first-order valence-electron chi connectivity index (χ1n) is 3.68. The topological polar surface area (TPSA) is 3.24 Å². The van der Waals surface area contributed by atoms with Crippen molar-refractivity contribution in [2.24, 2.45) is 0 Å². The van der Waals surface area contributed by atoms with Gasteiger partial charge in [-0.2, -0.15) is 11.3 Å². The van der Waals surface area contributed by atoms with Crippen molar-refractivity contribution in [3.8, 4) is 0 Å². The Labute approximate surface area is 65.3 Å². The largest absolute Gasteiger partial charge is 0.299 e. The highest BCUT2D eigenvalue weighted by Gasteiger charge is 2.13. The van der Waals surface area contributed by atoms with Crippen LogP contribution in [0.3, 0.4) is 0 Å². The highest BCUT2D eigenvalue weighted by molar-refractivity contribution is 7.07. The molecule has 0 aliphatic carbocycles. The Hall–Kier alpha value is -0.340. The molecule has 0 radical (unpaired) electrons. The van der Waals surface area contributed by atoms with Gasteiger partial charge in [0.25, 0.3) is 0 Å². The van der Waals surface area contributed by atoms with Gasteiger partial charge in [-0.25, -0.2) is 0 Å². The minimum atomic E-state index is 1.17. The molecule has 1 aliphatic heterocycles. The summed E-state index contributed by atoms with van der Waals surface area (Å²) >= 11 is 1.79. The van der Waals surface area contributed by atoms with E-state index in [-0.39, 0.29) is 0 Å². The fourth-order valence-electron chi connectivity index (χ4n) is 1.18. The van der Waals surface area contributed by atoms with E-state index < -0.39 is 0 Å². The molecule has 1 aromatic heterocycles. The van der Waals surface area contributed by atoms with E-state index in [1.54, 1.807) is 11.3 Å². The third-order valence-corrected chi connectivity index (χ3v) is 2.67. The molecular weight excluding hydrogens is 142 g/mol. The minimum Gasteiger partial charge on any atom is -0.299 e. The number of hydrogen-bond donors (Lipinski definition) is 0. The summed E-state index contributed by atoms with van der Waals surface area (Å²) in [5, 5.41) is 4.38. The second-order valence-electron chi connectivity index (χ2n) is 2.76. The Bertz CT molecular complexity index is 189. The normalized spacial score (nSPS) is 18.8. The van der Waals surface area contributed by atoms with Crippen molar-refractivity contribution >= 4 is 11.3 Å². The van der Waals surface area contributed by atoms with Crippen LogP contribution in [0.1, 0.15) is 12.0 Å². The van der Waals surface area contributed by atoms with Crippen molar-refractivity contribution < 1.29 is 0 Å². The van der Waals surface area contributed by atoms with Crippen LogP contribution < -0.4 is 0 Å². The molecular formula is C8H11NS. The number of nitrogens with zero attached hydrogens (tertiary/aromatic N) is 1. The summed E-state index contributed by atoms with van der Waals surface area (Å²) in [6.07, 6.45) is 1.39. The van der Waals surface area contributed by atoms with Gasteiger partial charge in [0.15, 0.2) is 0 Å². The number of thiophene rings is 1. The predicted molar refractivity (Wildman–Crippen MR) is 44.2 cm³/mol. The van der Waals surface area contributed by atoms with E-state index in [0.29, 0.717) is 0 Å². The first kappa shape index (κ1) is 6.38. The maximum atomic E-state index is 2.47. The van der Waals surface area contributed by atoms with Crippen molar-refractivity contribution in [2.45, 2.75) is 13.0 Å². The van der Waals surface area contributed by atoms with Gasteiger partial charge < -0.3 is 0 Å². The number of hydrogen-bond acceptors (Lipinski definition) is 2. The molecule has 0 aromatic carbocycles. The molecule has 0 saturated carbocycles. The zero-order valence-corrected chi connectivity index (χ0v) is 6.73. The van der Waals surface area contributed by atoms with Gasteiger partial charge in [0, 0.05) is 6.54 Å². The monoisotopic (exact) mass is 153 g/mol. The molecule has 2 heteroatoms. The van der Waals surface area contributed by atoms with E-state index in [1.807, 2.05) is 0 Å². The summed E-state index contributed by atoms with van der Waals surface area (Å²) in [6.45, 7) is 3.77. The van der Waals surface area contributed by atoms with Crippen LogP contribution in [0, 0.1) is 0 Å². The highest BCUT2D eigenvalue weighted by atomic mass is 32.1. The van der Waals surface area contributed by atoms with Gasteiger partial charge >= 0.3 is 0 Å². The Kier molecular flexibility index (Phi) is 1.74. The molecule has 0 spiro atoms. The first-order chi connectivity index (χ1) is 4.95. The Morgan fingerprint density at radius 2 is 2.40 bits per heavy atom. The lowest BCUT2D eigenvalue weighted by molar-refractivity contribution is 0.173. The molecule has 0 unspecified atom stereocenters. The summed E-state index contributed by atoms with van der Waals surface area (Å²) < 4.78 is 0. The van der Waals surface area contributed by atoms with E-state index in [0.717, 1.165) is 0 Å². The molecule has 2 rings (SSSR count). The lowest BCUT2D eigenvalue weighted by Gasteiger charge is -2.30. The third-order valence-electron chi connectivity index (χ3n) is 1.93. The smallest absolute Gasteiger partial charge is 0.0242 e. The summed E-state index contributed by atoms with van der Waals surface area (Å²) in [5.41, 5.74) is 1.48. The molecule has 1 saturated heterocycles. The summed E-state index contributed by atoms with van der Waals surface area (Å²) in [7, 11) is 0. The van der Waals surface area contributed by atoms with Crippen LogP contribution in [-0.2, 0) is 6.54 Å². The van der Waals surface area contributed by atoms with Crippen molar-refractivity contribution in [1.29, 1.82) is 0 Å². The SMILES string of the molecule is c1cc(CN2CCC2)cs1. The summed E-state index contributed by atoms with van der Waals surface area (Å²) in [6, 6.07) is 2.21. The van der Waals surface area contributed by atoms with Crippen molar-refractivity contribution in [2.75, 3.05) is 13.1 Å². The van der Waals surface area contributed by atoms with E-state index in [4.69, 9.17) is 0 Å². The second kappa shape index (κ2) is 2.72. The lowest BCUT2D eigenvalue weighted by atomic mass is 10.2. The molecule has 2 heterocycles. The molecule has 0 bridgehead atoms. The Balaban J connectivity index is 1.90. The van der Waals surface area contributed by atoms with E-state index in [2.05, 4.69) is 21.7 Å². The molecule has 1 aliphatic rings. The zero-order valence-electron chi connectivity index (χ0n) is 5.92. The fraction of sp³-hybridized carbons (Fsp3) is 0.500. The van der Waals surface area contributed by atoms with Gasteiger partial charge in [-0.15, -0.1) is 0 Å². The van der Waals surface area contributed by atoms with Crippen LogP contribution in [0.4, 0.5) is 0 Å². The third kappa shape index (κ3) is 1.22. The van der Waals surface area contributed by atoms with Crippen molar-refractivity contribution in [3.63, 3.8) is 0 Å². The van der Waals surface area contributed by atoms with Gasteiger partial charge in [0.05, 0.1) is 0 Å². The Morgan fingerprint density at radius 1 is 1.50 bits per heavy atom. The molecule has 1 nitrogen and oxygen atoms in total. The first-order valence-corrected chi connectivity index (χ1v) is 4.63. The fourth-order valence-corrected chi connectivity index (χ4v) is 1.84. The van der Waals surface area contributed by atoms with Gasteiger partial charge in [-0.3, -0.25) is 4.90 Å². The Morgan fingerprint density at radius 3 is 2.90 bits per heavy atom. The molecule has 0 atom stereocenters. The van der Waals surface area contributed by atoms with Crippen molar-refractivity contribution in [1.82, 2.24) is 4.90 Å². The van der Waals surface area contributed by atoms with Gasteiger partial charge in [-0.1, -0.05) is 0 Å². The van der Waals surface area contributed by atoms with Crippen molar-refractivity contribution in [3.05, 3.63) is 22.4 Å². The molecule has 0 amide bonds. The van der Waals surface area contributed by atoms with Crippen LogP contribution in [0.25, 0.3) is 0 Å².